The van der Waals surface area contributed by atoms with Crippen molar-refractivity contribution in [3.05, 3.63) is 59.2 Å². The van der Waals surface area contributed by atoms with Gasteiger partial charge in [0.15, 0.2) is 6.29 Å². The van der Waals surface area contributed by atoms with Crippen LogP contribution < -0.4 is 10.1 Å². The number of esters is 1. The summed E-state index contributed by atoms with van der Waals surface area (Å²) in [5.41, 5.74) is 2.91. The quantitative estimate of drug-likeness (QED) is 0.195. The van der Waals surface area contributed by atoms with Gasteiger partial charge in [-0.05, 0) is 94.9 Å². The minimum atomic E-state index is -0.647. The van der Waals surface area contributed by atoms with Crippen molar-refractivity contribution in [2.45, 2.75) is 99.4 Å². The summed E-state index contributed by atoms with van der Waals surface area (Å²) in [5, 5.41) is 3.14. The summed E-state index contributed by atoms with van der Waals surface area (Å²) in [4.78, 5) is 25.9. The zero-order chi connectivity index (χ0) is 30.0. The molecule has 1 amide bonds. The van der Waals surface area contributed by atoms with Gasteiger partial charge in [-0.1, -0.05) is 51.1 Å². The van der Waals surface area contributed by atoms with Gasteiger partial charge in [-0.3, -0.25) is 9.59 Å². The van der Waals surface area contributed by atoms with E-state index >= 15 is 0 Å². The third-order valence-corrected chi connectivity index (χ3v) is 8.46. The van der Waals surface area contributed by atoms with Crippen LogP contribution in [-0.2, 0) is 23.8 Å². The summed E-state index contributed by atoms with van der Waals surface area (Å²) in [6.45, 7) is 15.5. The fourth-order valence-corrected chi connectivity index (χ4v) is 5.15. The van der Waals surface area contributed by atoms with Crippen LogP contribution in [0.4, 0.5) is 5.69 Å². The maximum atomic E-state index is 13.6. The minimum absolute atomic E-state index is 0. The lowest BCUT2D eigenvalue weighted by molar-refractivity contribution is -0.169. The smallest absolute Gasteiger partial charge is 0.311 e. The van der Waals surface area contributed by atoms with Crippen LogP contribution in [0.25, 0.3) is 0 Å². The maximum absolute atomic E-state index is 13.6. The molecule has 41 heavy (non-hydrogen) atoms. The van der Waals surface area contributed by atoms with E-state index in [0.717, 1.165) is 60.2 Å². The molecule has 0 aliphatic carbocycles. The molecular weight excluding hydrogens is 518 g/mol. The number of anilines is 1. The highest BCUT2D eigenvalue weighted by Gasteiger charge is 2.38. The second-order valence-corrected chi connectivity index (χ2v) is 11.9. The molecule has 7 nitrogen and oxygen atoms in total. The van der Waals surface area contributed by atoms with E-state index in [1.54, 1.807) is 0 Å². The second-order valence-electron chi connectivity index (χ2n) is 11.9. The largest absolute Gasteiger partial charge is 0.494 e. The van der Waals surface area contributed by atoms with Gasteiger partial charge >= 0.3 is 5.97 Å². The molecule has 1 N–H and O–H groups in total. The lowest BCUT2D eigenvalue weighted by Crippen LogP contribution is -2.35. The van der Waals surface area contributed by atoms with Gasteiger partial charge in [0.1, 0.15) is 11.9 Å². The van der Waals surface area contributed by atoms with Crippen LogP contribution in [0.3, 0.4) is 0 Å². The summed E-state index contributed by atoms with van der Waals surface area (Å²) >= 11 is 0. The normalized spacial score (nSPS) is 22.3. The molecule has 3 rings (SSSR count). The molecule has 0 aromatic heterocycles. The summed E-state index contributed by atoms with van der Waals surface area (Å²) < 4.78 is 23.7. The van der Waals surface area contributed by atoms with E-state index < -0.39 is 17.8 Å². The Labute approximate surface area is 247 Å². The van der Waals surface area contributed by atoms with Gasteiger partial charge in [0.25, 0.3) is 5.91 Å². The fourth-order valence-electron chi connectivity index (χ4n) is 5.15. The van der Waals surface area contributed by atoms with E-state index in [9.17, 15) is 9.59 Å². The molecule has 2 aromatic carbocycles. The van der Waals surface area contributed by atoms with Crippen LogP contribution in [0.15, 0.2) is 42.5 Å². The number of carbonyl (C=O) groups excluding carboxylic acids is 2. The highest BCUT2D eigenvalue weighted by atomic mass is 16.7. The van der Waals surface area contributed by atoms with Crippen LogP contribution in [-0.4, -0.2) is 37.8 Å². The SMILES string of the molecule is CCOC(=O)C(C)(CC)CCCCOc1cc(C)c(NC(=O)C2CC(C)(CC)COC(c3ccccc3)O2)c(C)c1.[HH]. The van der Waals surface area contributed by atoms with Crippen molar-refractivity contribution < 1.29 is 30.0 Å². The van der Waals surface area contributed by atoms with Crippen LogP contribution in [0.2, 0.25) is 0 Å². The Kier molecular flexibility index (Phi) is 11.8. The molecule has 1 aliphatic heterocycles. The Morgan fingerprint density at radius 2 is 1.78 bits per heavy atom. The number of unbranched alkanes of at least 4 members (excludes halogenated alkanes) is 1. The molecule has 0 spiro atoms. The number of hydrogen-bond acceptors (Lipinski definition) is 6. The molecule has 4 atom stereocenters. The number of carbonyl (C=O) groups is 2. The maximum Gasteiger partial charge on any atom is 0.311 e. The van der Waals surface area contributed by atoms with Crippen LogP contribution >= 0.6 is 0 Å². The molecule has 1 saturated heterocycles. The first-order chi connectivity index (χ1) is 19.5. The van der Waals surface area contributed by atoms with E-state index in [-0.39, 0.29) is 18.7 Å². The van der Waals surface area contributed by atoms with Crippen molar-refractivity contribution in [1.29, 1.82) is 0 Å². The molecule has 1 aliphatic rings. The third kappa shape index (κ3) is 8.79. The third-order valence-electron chi connectivity index (χ3n) is 8.46. The minimum Gasteiger partial charge on any atom is -0.494 e. The number of benzene rings is 2. The fraction of sp³-hybridized carbons (Fsp3) is 0.588. The Balaban J connectivity index is 0.00000616. The topological polar surface area (TPSA) is 83.1 Å². The number of amides is 1. The average Bonchev–Trinajstić information content (AvgIpc) is 3.15. The molecule has 228 valence electrons. The molecule has 1 fully saturated rings. The number of hydrogen-bond donors (Lipinski definition) is 1. The average molecular weight is 570 g/mol. The first-order valence-corrected chi connectivity index (χ1v) is 15.1. The van der Waals surface area contributed by atoms with Crippen LogP contribution in [0.5, 0.6) is 5.75 Å². The van der Waals surface area contributed by atoms with E-state index in [2.05, 4.69) is 19.2 Å². The van der Waals surface area contributed by atoms with Crippen molar-refractivity contribution in [3.8, 4) is 5.75 Å². The molecular formula is C34H51NO6. The highest BCUT2D eigenvalue weighted by Crippen LogP contribution is 2.38. The van der Waals surface area contributed by atoms with Crippen LogP contribution in [0.1, 0.15) is 97.6 Å². The Morgan fingerprint density at radius 1 is 1.10 bits per heavy atom. The van der Waals surface area contributed by atoms with Crippen molar-refractivity contribution in [3.63, 3.8) is 0 Å². The summed E-state index contributed by atoms with van der Waals surface area (Å²) in [7, 11) is 0. The first kappa shape index (κ1) is 32.6. The van der Waals surface area contributed by atoms with E-state index in [0.29, 0.717) is 26.2 Å². The van der Waals surface area contributed by atoms with Gasteiger partial charge in [-0.15, -0.1) is 0 Å². The Bertz CT molecular complexity index is 1130. The molecule has 2 aromatic rings. The monoisotopic (exact) mass is 569 g/mol. The van der Waals surface area contributed by atoms with E-state index in [1.165, 1.54) is 0 Å². The van der Waals surface area contributed by atoms with Gasteiger partial charge in [0.05, 0.1) is 25.2 Å². The summed E-state index contributed by atoms with van der Waals surface area (Å²) in [5.74, 6) is 0.476. The first-order valence-electron chi connectivity index (χ1n) is 15.1. The number of rotatable bonds is 13. The molecule has 0 saturated carbocycles. The van der Waals surface area contributed by atoms with Crippen molar-refractivity contribution >= 4 is 17.6 Å². The van der Waals surface area contributed by atoms with Gasteiger partial charge in [0.2, 0.25) is 0 Å². The van der Waals surface area contributed by atoms with Crippen molar-refractivity contribution in [1.82, 2.24) is 0 Å². The lowest BCUT2D eigenvalue weighted by Gasteiger charge is -2.27. The van der Waals surface area contributed by atoms with Gasteiger partial charge in [-0.2, -0.15) is 0 Å². The summed E-state index contributed by atoms with van der Waals surface area (Å²) in [6, 6.07) is 13.7. The van der Waals surface area contributed by atoms with E-state index in [1.807, 2.05) is 77.1 Å². The number of aryl methyl sites for hydroxylation is 2. The van der Waals surface area contributed by atoms with Gasteiger partial charge in [0, 0.05) is 12.7 Å². The predicted octanol–water partition coefficient (Wildman–Crippen LogP) is 7.94. The lowest BCUT2D eigenvalue weighted by atomic mass is 9.82. The Morgan fingerprint density at radius 3 is 2.39 bits per heavy atom. The second kappa shape index (κ2) is 14.8. The van der Waals surface area contributed by atoms with Crippen molar-refractivity contribution in [2.75, 3.05) is 25.1 Å². The zero-order valence-electron chi connectivity index (χ0n) is 26.0. The Hall–Kier alpha value is -2.90. The zero-order valence-corrected chi connectivity index (χ0v) is 26.0. The molecule has 1 heterocycles. The molecule has 4 unspecified atom stereocenters. The standard InChI is InChI=1S/C34H49NO6.H2/c1-8-33(6)22-28(41-31(40-23-33)26-16-12-11-13-17-26)30(36)35-29-24(4)20-27(21-25(29)5)39-19-15-14-18-34(7,9-2)32(37)38-10-3;/h11-13,16-17,20-21,28,31H,8-10,14-15,18-19,22-23H2,1-7H3,(H,35,36);1H. The highest BCUT2D eigenvalue weighted by molar-refractivity contribution is 5.95. The number of nitrogens with one attached hydrogen (secondary N) is 1. The van der Waals surface area contributed by atoms with E-state index in [4.69, 9.17) is 18.9 Å². The number of ether oxygens (including phenoxy) is 4. The van der Waals surface area contributed by atoms with Crippen molar-refractivity contribution in [2.24, 2.45) is 10.8 Å². The molecule has 0 bridgehead atoms. The van der Waals surface area contributed by atoms with Crippen LogP contribution in [0, 0.1) is 24.7 Å². The molecule has 7 heteroatoms. The van der Waals surface area contributed by atoms with Gasteiger partial charge in [-0.25, -0.2) is 0 Å². The van der Waals surface area contributed by atoms with Gasteiger partial charge < -0.3 is 24.3 Å². The molecule has 0 radical (unpaired) electrons. The summed E-state index contributed by atoms with van der Waals surface area (Å²) in [6.07, 6.45) is 3.45. The predicted molar refractivity (Wildman–Crippen MR) is 164 cm³/mol.